The van der Waals surface area contributed by atoms with Crippen LogP contribution < -0.4 is 0 Å². The molecule has 6 atom stereocenters. The van der Waals surface area contributed by atoms with E-state index in [0.29, 0.717) is 24.4 Å². The molecule has 0 saturated heterocycles. The number of hydrogen-bond acceptors (Lipinski definition) is 4. The van der Waals surface area contributed by atoms with Crippen LogP contribution in [0.25, 0.3) is 0 Å². The van der Waals surface area contributed by atoms with Crippen molar-refractivity contribution >= 4 is 5.71 Å². The van der Waals surface area contributed by atoms with E-state index >= 15 is 0 Å². The summed E-state index contributed by atoms with van der Waals surface area (Å²) in [4.78, 5) is 5.04. The van der Waals surface area contributed by atoms with Crippen LogP contribution in [0.3, 0.4) is 0 Å². The number of rotatable bonds is 2. The highest BCUT2D eigenvalue weighted by atomic mass is 16.6. The lowest BCUT2D eigenvalue weighted by Crippen LogP contribution is -2.60. The van der Waals surface area contributed by atoms with Crippen molar-refractivity contribution in [1.82, 2.24) is 0 Å². The zero-order chi connectivity index (χ0) is 20.3. The van der Waals surface area contributed by atoms with E-state index in [1.54, 1.807) is 7.11 Å². The molecule has 0 aromatic carbocycles. The summed E-state index contributed by atoms with van der Waals surface area (Å²) < 4.78 is 5.62. The van der Waals surface area contributed by atoms with Crippen LogP contribution in [-0.4, -0.2) is 30.1 Å². The van der Waals surface area contributed by atoms with Crippen molar-refractivity contribution in [2.75, 3.05) is 13.7 Å². The predicted molar refractivity (Wildman–Crippen MR) is 114 cm³/mol. The van der Waals surface area contributed by atoms with Gasteiger partial charge in [0.1, 0.15) is 13.7 Å². The second-order valence-electron chi connectivity index (χ2n) is 10.4. The van der Waals surface area contributed by atoms with E-state index < -0.39 is 5.60 Å². The number of oxime groups is 1. The van der Waals surface area contributed by atoms with E-state index in [1.807, 2.05) is 6.26 Å². The summed E-state index contributed by atoms with van der Waals surface area (Å²) in [5.41, 5.74) is 3.47. The Balaban J connectivity index is 1.47. The van der Waals surface area contributed by atoms with Gasteiger partial charge in [0, 0.05) is 5.41 Å². The van der Waals surface area contributed by atoms with Gasteiger partial charge in [0.25, 0.3) is 0 Å². The molecular weight excluding hydrogens is 362 g/mol. The first kappa shape index (κ1) is 19.4. The molecule has 158 valence electrons. The zero-order valence-electron chi connectivity index (χ0n) is 18.1. The minimum Gasteiger partial charge on any atom is -0.497 e. The second-order valence-corrected chi connectivity index (χ2v) is 10.4. The van der Waals surface area contributed by atoms with Gasteiger partial charge in [0.15, 0.2) is 0 Å². The van der Waals surface area contributed by atoms with E-state index in [4.69, 9.17) is 9.57 Å². The lowest BCUT2D eigenvalue weighted by molar-refractivity contribution is -0.180. The Morgan fingerprint density at radius 1 is 1.10 bits per heavy atom. The number of hydrogen-bond donors (Lipinski definition) is 1. The first-order valence-electron chi connectivity index (χ1n) is 11.4. The summed E-state index contributed by atoms with van der Waals surface area (Å²) in [5, 5.41) is 16.5. The first-order valence-corrected chi connectivity index (χ1v) is 11.4. The van der Waals surface area contributed by atoms with E-state index in [9.17, 15) is 5.11 Å². The highest BCUT2D eigenvalue weighted by molar-refractivity contribution is 5.96. The smallest absolute Gasteiger partial charge is 0.106 e. The molecule has 4 aliphatic carbocycles. The van der Waals surface area contributed by atoms with Gasteiger partial charge in [-0.05, 0) is 92.3 Å². The molecule has 5 aliphatic rings. The van der Waals surface area contributed by atoms with E-state index in [2.05, 4.69) is 37.2 Å². The molecule has 0 unspecified atom stereocenters. The minimum atomic E-state index is -0.567. The van der Waals surface area contributed by atoms with Gasteiger partial charge in [0.2, 0.25) is 0 Å². The van der Waals surface area contributed by atoms with Gasteiger partial charge in [0.05, 0.1) is 17.6 Å². The summed E-state index contributed by atoms with van der Waals surface area (Å²) in [5.74, 6) is 1.36. The minimum absolute atomic E-state index is 0.0556. The van der Waals surface area contributed by atoms with Crippen LogP contribution in [0.1, 0.15) is 65.2 Å². The Kier molecular flexibility index (Phi) is 4.51. The van der Waals surface area contributed by atoms with Crippen LogP contribution in [0.5, 0.6) is 0 Å². The molecule has 5 rings (SSSR count). The Morgan fingerprint density at radius 2 is 1.97 bits per heavy atom. The van der Waals surface area contributed by atoms with Gasteiger partial charge >= 0.3 is 0 Å². The van der Waals surface area contributed by atoms with Crippen molar-refractivity contribution in [2.45, 2.75) is 70.8 Å². The Morgan fingerprint density at radius 3 is 2.72 bits per heavy atom. The summed E-state index contributed by atoms with van der Waals surface area (Å²) in [6, 6.07) is 0. The van der Waals surface area contributed by atoms with Crippen molar-refractivity contribution in [1.29, 1.82) is 0 Å². The fourth-order valence-corrected chi connectivity index (χ4v) is 7.89. The van der Waals surface area contributed by atoms with Gasteiger partial charge in [-0.25, -0.2) is 0 Å². The second kappa shape index (κ2) is 6.73. The van der Waals surface area contributed by atoms with Crippen molar-refractivity contribution < 1.29 is 14.7 Å². The standard InChI is InChI=1S/C25H35NO3/c1-23-11-8-19(26-28-3)15-18(23)6-7-22-21(23)9-12-24(2)20(10-13-25(22,24)27)17-5-4-14-29-16-17/h4-5,15-16,20-22,27H,6-14H2,1-3H3/b26-19-/t20-,21+,22-,23+,24-,25+/m1/s1. The van der Waals surface area contributed by atoms with E-state index in [-0.39, 0.29) is 10.8 Å². The summed E-state index contributed by atoms with van der Waals surface area (Å²) in [7, 11) is 1.63. The van der Waals surface area contributed by atoms with Gasteiger partial charge in [-0.3, -0.25) is 0 Å². The Hall–Kier alpha value is -1.55. The number of allylic oxidation sites excluding steroid dienone is 4. The van der Waals surface area contributed by atoms with E-state index in [1.165, 1.54) is 17.6 Å². The third kappa shape index (κ3) is 2.64. The highest BCUT2D eigenvalue weighted by Crippen LogP contribution is 2.69. The average molecular weight is 398 g/mol. The zero-order valence-corrected chi connectivity index (χ0v) is 18.1. The molecule has 0 aromatic rings. The number of aliphatic hydroxyl groups is 1. The normalized spacial score (nSPS) is 47.4. The van der Waals surface area contributed by atoms with Crippen LogP contribution in [0.2, 0.25) is 0 Å². The van der Waals surface area contributed by atoms with Gasteiger partial charge < -0.3 is 14.7 Å². The molecular formula is C25H35NO3. The maximum absolute atomic E-state index is 12.3. The largest absolute Gasteiger partial charge is 0.497 e. The molecule has 1 heterocycles. The molecule has 0 spiro atoms. The first-order chi connectivity index (χ1) is 13.9. The van der Waals surface area contributed by atoms with Crippen molar-refractivity contribution in [3.8, 4) is 0 Å². The van der Waals surface area contributed by atoms with Gasteiger partial charge in [-0.1, -0.05) is 30.7 Å². The monoisotopic (exact) mass is 397 g/mol. The van der Waals surface area contributed by atoms with Crippen LogP contribution in [0.15, 0.2) is 40.8 Å². The third-order valence-electron chi connectivity index (χ3n) is 9.50. The molecule has 3 saturated carbocycles. The van der Waals surface area contributed by atoms with E-state index in [0.717, 1.165) is 50.7 Å². The quantitative estimate of drug-likeness (QED) is 0.655. The molecule has 0 amide bonds. The number of fused-ring (bicyclic) bond motifs is 5. The molecule has 3 fully saturated rings. The van der Waals surface area contributed by atoms with Crippen molar-refractivity contribution in [3.05, 3.63) is 35.6 Å². The van der Waals surface area contributed by atoms with Gasteiger partial charge in [-0.2, -0.15) is 0 Å². The molecule has 0 radical (unpaired) electrons. The number of nitrogens with zero attached hydrogens (tertiary/aromatic N) is 1. The predicted octanol–water partition coefficient (Wildman–Crippen LogP) is 5.15. The SMILES string of the molecule is CO/N=C1\C=C2CC[C@@H]3[C@H](CC[C@]4(C)[C@@H](C5=COCC=C5)CC[C@]34O)[C@@]2(C)CC1. The molecule has 0 bridgehead atoms. The number of ether oxygens (including phenoxy) is 1. The lowest BCUT2D eigenvalue weighted by Gasteiger charge is -2.61. The van der Waals surface area contributed by atoms with Crippen LogP contribution >= 0.6 is 0 Å². The topological polar surface area (TPSA) is 51.0 Å². The summed E-state index contributed by atoms with van der Waals surface area (Å²) in [6.07, 6.45) is 17.2. The molecule has 4 heteroatoms. The Bertz CT molecular complexity index is 811. The Labute approximate surface area is 174 Å². The highest BCUT2D eigenvalue weighted by Gasteiger charge is 2.66. The lowest BCUT2D eigenvalue weighted by atomic mass is 9.45. The van der Waals surface area contributed by atoms with Crippen LogP contribution in [0, 0.1) is 28.6 Å². The maximum Gasteiger partial charge on any atom is 0.106 e. The fourth-order valence-electron chi connectivity index (χ4n) is 7.89. The molecule has 1 N–H and O–H groups in total. The summed E-state index contributed by atoms with van der Waals surface area (Å²) in [6.45, 7) is 5.49. The van der Waals surface area contributed by atoms with Crippen molar-refractivity contribution in [2.24, 2.45) is 33.7 Å². The van der Waals surface area contributed by atoms with Crippen molar-refractivity contribution in [3.63, 3.8) is 0 Å². The summed E-state index contributed by atoms with van der Waals surface area (Å²) >= 11 is 0. The fraction of sp³-hybridized carbons (Fsp3) is 0.720. The molecule has 0 aromatic heterocycles. The molecule has 1 aliphatic heterocycles. The van der Waals surface area contributed by atoms with Crippen LogP contribution in [0.4, 0.5) is 0 Å². The van der Waals surface area contributed by atoms with Gasteiger partial charge in [-0.15, -0.1) is 0 Å². The maximum atomic E-state index is 12.3. The van der Waals surface area contributed by atoms with Crippen LogP contribution in [-0.2, 0) is 9.57 Å². The molecule has 4 nitrogen and oxygen atoms in total. The third-order valence-corrected chi connectivity index (χ3v) is 9.50. The average Bonchev–Trinajstić information content (AvgIpc) is 3.00. The molecule has 29 heavy (non-hydrogen) atoms.